The van der Waals surface area contributed by atoms with Crippen LogP contribution in [0.15, 0.2) is 30.7 Å². The second-order valence-corrected chi connectivity index (χ2v) is 4.13. The van der Waals surface area contributed by atoms with Crippen molar-refractivity contribution in [3.05, 3.63) is 47.3 Å². The van der Waals surface area contributed by atoms with E-state index in [-0.39, 0.29) is 5.78 Å². The fraction of sp³-hybridized carbons (Fsp3) is 0.250. The Morgan fingerprint density at radius 1 is 1.41 bits per heavy atom. The minimum Gasteiger partial charge on any atom is -0.338 e. The molecule has 0 spiro atoms. The van der Waals surface area contributed by atoms with E-state index in [1.54, 1.807) is 18.3 Å². The van der Waals surface area contributed by atoms with Crippen molar-refractivity contribution in [2.45, 2.75) is 12.8 Å². The Labute approximate surface area is 104 Å². The highest BCUT2D eigenvalue weighted by molar-refractivity contribution is 6.29. The van der Waals surface area contributed by atoms with Crippen LogP contribution in [0, 0.1) is 0 Å². The number of nitrogens with zero attached hydrogens (tertiary/aromatic N) is 3. The van der Waals surface area contributed by atoms with E-state index in [2.05, 4.69) is 9.97 Å². The smallest absolute Gasteiger partial charge is 0.163 e. The van der Waals surface area contributed by atoms with Gasteiger partial charge in [-0.1, -0.05) is 11.6 Å². The van der Waals surface area contributed by atoms with Gasteiger partial charge in [-0.2, -0.15) is 0 Å². The third kappa shape index (κ3) is 2.91. The largest absolute Gasteiger partial charge is 0.338 e. The van der Waals surface area contributed by atoms with Gasteiger partial charge in [-0.25, -0.2) is 9.97 Å². The van der Waals surface area contributed by atoms with Crippen LogP contribution >= 0.6 is 11.6 Å². The van der Waals surface area contributed by atoms with Gasteiger partial charge in [-0.3, -0.25) is 4.79 Å². The third-order valence-corrected chi connectivity index (χ3v) is 2.75. The summed E-state index contributed by atoms with van der Waals surface area (Å²) in [4.78, 5) is 19.9. The maximum atomic E-state index is 11.9. The molecule has 88 valence electrons. The second kappa shape index (κ2) is 5.10. The summed E-state index contributed by atoms with van der Waals surface area (Å²) in [6.07, 6.45) is 6.18. The quantitative estimate of drug-likeness (QED) is 0.617. The second-order valence-electron chi connectivity index (χ2n) is 3.74. The zero-order valence-electron chi connectivity index (χ0n) is 9.43. The van der Waals surface area contributed by atoms with Gasteiger partial charge < -0.3 is 4.57 Å². The Bertz CT molecular complexity index is 536. The molecule has 2 aromatic heterocycles. The topological polar surface area (TPSA) is 47.8 Å². The van der Waals surface area contributed by atoms with Gasteiger partial charge in [0, 0.05) is 44.0 Å². The van der Waals surface area contributed by atoms with E-state index in [1.165, 1.54) is 6.20 Å². The van der Waals surface area contributed by atoms with Gasteiger partial charge in [-0.05, 0) is 12.1 Å². The molecule has 4 nitrogen and oxygen atoms in total. The first kappa shape index (κ1) is 11.8. The zero-order chi connectivity index (χ0) is 12.3. The average molecular weight is 250 g/mol. The number of pyridine rings is 1. The van der Waals surface area contributed by atoms with Gasteiger partial charge in [0.25, 0.3) is 0 Å². The lowest BCUT2D eigenvalue weighted by atomic mass is 10.1. The average Bonchev–Trinajstić information content (AvgIpc) is 2.72. The van der Waals surface area contributed by atoms with Crippen molar-refractivity contribution in [2.24, 2.45) is 7.05 Å². The van der Waals surface area contributed by atoms with E-state index < -0.39 is 0 Å². The van der Waals surface area contributed by atoms with E-state index in [1.807, 2.05) is 17.8 Å². The molecule has 2 heterocycles. The Morgan fingerprint density at radius 2 is 2.24 bits per heavy atom. The summed E-state index contributed by atoms with van der Waals surface area (Å²) >= 11 is 5.73. The minimum absolute atomic E-state index is 0.0531. The van der Waals surface area contributed by atoms with Crippen LogP contribution in [0.3, 0.4) is 0 Å². The number of Topliss-reactive ketones (excluding diaryl/α,β-unsaturated/α-hetero) is 1. The molecule has 0 unspecified atom stereocenters. The van der Waals surface area contributed by atoms with Crippen LogP contribution in [-0.2, 0) is 13.5 Å². The van der Waals surface area contributed by atoms with Gasteiger partial charge >= 0.3 is 0 Å². The lowest BCUT2D eigenvalue weighted by molar-refractivity contribution is 0.0982. The summed E-state index contributed by atoms with van der Waals surface area (Å²) in [5.41, 5.74) is 0.596. The highest BCUT2D eigenvalue weighted by Gasteiger charge is 2.08. The Balaban J connectivity index is 2.01. The van der Waals surface area contributed by atoms with Crippen molar-refractivity contribution < 1.29 is 4.79 Å². The van der Waals surface area contributed by atoms with Crippen LogP contribution in [0.1, 0.15) is 22.6 Å². The SMILES string of the molecule is Cn1ccnc1CCC(=O)c1ccnc(Cl)c1. The summed E-state index contributed by atoms with van der Waals surface area (Å²) in [5, 5.41) is 0.341. The number of aromatic nitrogens is 3. The molecular formula is C12H12ClN3O. The van der Waals surface area contributed by atoms with Crippen LogP contribution < -0.4 is 0 Å². The number of imidazole rings is 1. The van der Waals surface area contributed by atoms with E-state index in [4.69, 9.17) is 11.6 Å². The molecular weight excluding hydrogens is 238 g/mol. The monoisotopic (exact) mass is 249 g/mol. The summed E-state index contributed by atoms with van der Waals surface area (Å²) < 4.78 is 1.91. The van der Waals surface area contributed by atoms with E-state index in [0.717, 1.165) is 5.82 Å². The number of rotatable bonds is 4. The lowest BCUT2D eigenvalue weighted by Gasteiger charge is -2.02. The summed E-state index contributed by atoms with van der Waals surface area (Å²) in [6.45, 7) is 0. The molecule has 17 heavy (non-hydrogen) atoms. The van der Waals surface area contributed by atoms with Crippen LogP contribution in [0.2, 0.25) is 5.15 Å². The van der Waals surface area contributed by atoms with E-state index >= 15 is 0 Å². The van der Waals surface area contributed by atoms with E-state index in [0.29, 0.717) is 23.6 Å². The summed E-state index contributed by atoms with van der Waals surface area (Å²) in [6, 6.07) is 3.26. The predicted octanol–water partition coefficient (Wildman–Crippen LogP) is 2.28. The van der Waals surface area contributed by atoms with Crippen molar-refractivity contribution in [2.75, 3.05) is 0 Å². The molecule has 0 aliphatic carbocycles. The standard InChI is InChI=1S/C12H12ClN3O/c1-16-7-6-15-12(16)3-2-10(17)9-4-5-14-11(13)8-9/h4-8H,2-3H2,1H3. The molecule has 0 aliphatic heterocycles. The van der Waals surface area contributed by atoms with Crippen molar-refractivity contribution in [3.8, 4) is 0 Å². The Morgan fingerprint density at radius 3 is 2.88 bits per heavy atom. The molecule has 0 saturated carbocycles. The first-order chi connectivity index (χ1) is 8.16. The fourth-order valence-corrected chi connectivity index (χ4v) is 1.76. The predicted molar refractivity (Wildman–Crippen MR) is 65.1 cm³/mol. The minimum atomic E-state index is 0.0531. The van der Waals surface area contributed by atoms with Crippen molar-refractivity contribution in [1.82, 2.24) is 14.5 Å². The van der Waals surface area contributed by atoms with E-state index in [9.17, 15) is 4.79 Å². The molecule has 0 aromatic carbocycles. The first-order valence-electron chi connectivity index (χ1n) is 5.28. The number of carbonyl (C=O) groups excluding carboxylic acids is 1. The highest BCUT2D eigenvalue weighted by Crippen LogP contribution is 2.10. The highest BCUT2D eigenvalue weighted by atomic mass is 35.5. The van der Waals surface area contributed by atoms with Gasteiger partial charge in [0.15, 0.2) is 5.78 Å². The molecule has 2 rings (SSSR count). The third-order valence-electron chi connectivity index (χ3n) is 2.55. The number of halogens is 1. The first-order valence-corrected chi connectivity index (χ1v) is 5.65. The number of aryl methyl sites for hydroxylation is 2. The molecule has 0 saturated heterocycles. The summed E-state index contributed by atoms with van der Waals surface area (Å²) in [7, 11) is 1.91. The Kier molecular flexibility index (Phi) is 3.54. The molecule has 0 atom stereocenters. The maximum absolute atomic E-state index is 11.9. The molecule has 5 heteroatoms. The molecule has 0 radical (unpaired) electrons. The van der Waals surface area contributed by atoms with Gasteiger partial charge in [0.05, 0.1) is 0 Å². The number of hydrogen-bond donors (Lipinski definition) is 0. The lowest BCUT2D eigenvalue weighted by Crippen LogP contribution is -2.05. The van der Waals surface area contributed by atoms with Gasteiger partial charge in [0.1, 0.15) is 11.0 Å². The van der Waals surface area contributed by atoms with Crippen molar-refractivity contribution in [3.63, 3.8) is 0 Å². The number of carbonyl (C=O) groups is 1. The molecule has 2 aromatic rings. The van der Waals surface area contributed by atoms with Gasteiger partial charge in [-0.15, -0.1) is 0 Å². The molecule has 0 aliphatic rings. The molecule has 0 bridgehead atoms. The van der Waals surface area contributed by atoms with Crippen LogP contribution in [0.25, 0.3) is 0 Å². The maximum Gasteiger partial charge on any atom is 0.163 e. The zero-order valence-corrected chi connectivity index (χ0v) is 10.2. The molecule has 0 amide bonds. The number of ketones is 1. The van der Waals surface area contributed by atoms with Crippen LogP contribution in [0.5, 0.6) is 0 Å². The van der Waals surface area contributed by atoms with Crippen LogP contribution in [0.4, 0.5) is 0 Å². The van der Waals surface area contributed by atoms with Crippen LogP contribution in [-0.4, -0.2) is 20.3 Å². The number of hydrogen-bond acceptors (Lipinski definition) is 3. The fourth-order valence-electron chi connectivity index (χ4n) is 1.58. The van der Waals surface area contributed by atoms with Crippen molar-refractivity contribution >= 4 is 17.4 Å². The molecule has 0 fully saturated rings. The van der Waals surface area contributed by atoms with Gasteiger partial charge in [0.2, 0.25) is 0 Å². The normalized spacial score (nSPS) is 10.5. The molecule has 0 N–H and O–H groups in total. The summed E-state index contributed by atoms with van der Waals surface area (Å²) in [5.74, 6) is 0.954. The van der Waals surface area contributed by atoms with Crippen molar-refractivity contribution in [1.29, 1.82) is 0 Å². The Hall–Kier alpha value is -1.68.